The predicted molar refractivity (Wildman–Crippen MR) is 119 cm³/mol. The molecule has 0 unspecified atom stereocenters. The van der Waals surface area contributed by atoms with E-state index in [4.69, 9.17) is 16.3 Å². The van der Waals surface area contributed by atoms with Crippen molar-refractivity contribution in [1.82, 2.24) is 0 Å². The molecule has 0 saturated heterocycles. The first-order valence-corrected chi connectivity index (χ1v) is 11.1. The fourth-order valence-corrected chi connectivity index (χ4v) is 4.35. The van der Waals surface area contributed by atoms with Crippen LogP contribution in [0.2, 0.25) is 5.02 Å². The van der Waals surface area contributed by atoms with Crippen molar-refractivity contribution in [3.05, 3.63) is 83.9 Å². The van der Waals surface area contributed by atoms with E-state index in [9.17, 15) is 13.2 Å². The molecule has 0 radical (unpaired) electrons. The Morgan fingerprint density at radius 2 is 1.70 bits per heavy atom. The van der Waals surface area contributed by atoms with Crippen LogP contribution in [0.25, 0.3) is 0 Å². The van der Waals surface area contributed by atoms with Gasteiger partial charge < -0.3 is 10.1 Å². The number of hydrogen-bond donors (Lipinski definition) is 1. The highest BCUT2D eigenvalue weighted by Crippen LogP contribution is 2.25. The number of ether oxygens (including phenoxy) is 1. The Morgan fingerprint density at radius 1 is 1.00 bits per heavy atom. The topological polar surface area (TPSA) is 75.7 Å². The molecule has 0 aromatic heterocycles. The van der Waals surface area contributed by atoms with Crippen LogP contribution in [-0.4, -0.2) is 27.5 Å². The highest BCUT2D eigenvalue weighted by atomic mass is 35.5. The second-order valence-electron chi connectivity index (χ2n) is 6.31. The van der Waals surface area contributed by atoms with Crippen LogP contribution in [-0.2, 0) is 14.8 Å². The molecule has 6 nitrogen and oxygen atoms in total. The van der Waals surface area contributed by atoms with E-state index in [1.54, 1.807) is 54.6 Å². The van der Waals surface area contributed by atoms with E-state index in [1.807, 2.05) is 6.92 Å². The first kappa shape index (κ1) is 21.7. The Bertz CT molecular complexity index is 1100. The van der Waals surface area contributed by atoms with Crippen molar-refractivity contribution in [2.75, 3.05) is 22.8 Å². The summed E-state index contributed by atoms with van der Waals surface area (Å²) in [6.45, 7) is 1.97. The summed E-state index contributed by atoms with van der Waals surface area (Å²) in [4.78, 5) is 12.8. The number of benzene rings is 3. The van der Waals surface area contributed by atoms with Crippen molar-refractivity contribution in [2.45, 2.75) is 11.8 Å². The second kappa shape index (κ2) is 9.65. The quantitative estimate of drug-likeness (QED) is 0.552. The summed E-state index contributed by atoms with van der Waals surface area (Å²) in [5, 5.41) is 3.15. The maximum Gasteiger partial charge on any atom is 0.264 e. The molecule has 0 aliphatic carbocycles. The summed E-state index contributed by atoms with van der Waals surface area (Å²) in [5.74, 6) is 0.133. The van der Waals surface area contributed by atoms with Crippen molar-refractivity contribution in [3.63, 3.8) is 0 Å². The molecule has 0 atom stereocenters. The Balaban J connectivity index is 1.87. The Hall–Kier alpha value is -3.03. The Kier molecular flexibility index (Phi) is 6.97. The number of carbonyl (C=O) groups excluding carboxylic acids is 1. The number of carbonyl (C=O) groups is 1. The predicted octanol–water partition coefficient (Wildman–Crippen LogP) is 4.57. The fourth-order valence-electron chi connectivity index (χ4n) is 2.80. The van der Waals surface area contributed by atoms with Gasteiger partial charge in [-0.3, -0.25) is 9.10 Å². The van der Waals surface area contributed by atoms with Crippen molar-refractivity contribution < 1.29 is 17.9 Å². The third-order valence-electron chi connectivity index (χ3n) is 4.16. The standard InChI is InChI=1S/C22H21ClN2O4S/c1-2-29-20-10-6-7-18(15-20)24-22(26)16-25(19-8-4-3-5-9-19)30(27,28)21-13-11-17(23)12-14-21/h3-15H,2,16H2,1H3,(H,24,26). The van der Waals surface area contributed by atoms with Gasteiger partial charge >= 0.3 is 0 Å². The molecule has 0 aliphatic heterocycles. The highest BCUT2D eigenvalue weighted by Gasteiger charge is 2.27. The molecule has 156 valence electrons. The minimum atomic E-state index is -3.99. The van der Waals surface area contributed by atoms with Crippen molar-refractivity contribution >= 4 is 38.9 Å². The van der Waals surface area contributed by atoms with Gasteiger partial charge in [-0.15, -0.1) is 0 Å². The van der Waals surface area contributed by atoms with Gasteiger partial charge in [-0.1, -0.05) is 35.9 Å². The molecule has 0 fully saturated rings. The average molecular weight is 445 g/mol. The van der Waals surface area contributed by atoms with Gasteiger partial charge in [-0.05, 0) is 55.5 Å². The van der Waals surface area contributed by atoms with E-state index in [0.29, 0.717) is 28.8 Å². The largest absolute Gasteiger partial charge is 0.494 e. The normalized spacial score (nSPS) is 11.0. The molecule has 8 heteroatoms. The van der Waals surface area contributed by atoms with Gasteiger partial charge in [0.25, 0.3) is 10.0 Å². The molecule has 0 bridgehead atoms. The van der Waals surface area contributed by atoms with E-state index >= 15 is 0 Å². The molecule has 3 rings (SSSR count). The average Bonchev–Trinajstić information content (AvgIpc) is 2.73. The van der Waals surface area contributed by atoms with Gasteiger partial charge in [0.1, 0.15) is 12.3 Å². The van der Waals surface area contributed by atoms with Crippen LogP contribution in [0.3, 0.4) is 0 Å². The maximum atomic E-state index is 13.3. The lowest BCUT2D eigenvalue weighted by molar-refractivity contribution is -0.114. The molecule has 1 amide bonds. The zero-order valence-corrected chi connectivity index (χ0v) is 17.9. The minimum absolute atomic E-state index is 0.0434. The van der Waals surface area contributed by atoms with Crippen molar-refractivity contribution in [2.24, 2.45) is 0 Å². The van der Waals surface area contributed by atoms with Crippen LogP contribution in [0, 0.1) is 0 Å². The van der Waals surface area contributed by atoms with E-state index in [2.05, 4.69) is 5.32 Å². The van der Waals surface area contributed by atoms with Crippen LogP contribution in [0.1, 0.15) is 6.92 Å². The summed E-state index contributed by atoms with van der Waals surface area (Å²) in [6.07, 6.45) is 0. The van der Waals surface area contributed by atoms with E-state index in [0.717, 1.165) is 4.31 Å². The lowest BCUT2D eigenvalue weighted by Crippen LogP contribution is -2.38. The van der Waals surface area contributed by atoms with Crippen molar-refractivity contribution in [3.8, 4) is 5.75 Å². The minimum Gasteiger partial charge on any atom is -0.494 e. The molecule has 3 aromatic rings. The second-order valence-corrected chi connectivity index (χ2v) is 8.61. The summed E-state index contributed by atoms with van der Waals surface area (Å²) in [5.41, 5.74) is 0.897. The van der Waals surface area contributed by atoms with Gasteiger partial charge in [0.15, 0.2) is 0 Å². The third kappa shape index (κ3) is 5.31. The number of anilines is 2. The summed E-state index contributed by atoms with van der Waals surface area (Å²) in [7, 11) is -3.99. The Morgan fingerprint density at radius 3 is 2.37 bits per heavy atom. The summed E-state index contributed by atoms with van der Waals surface area (Å²) >= 11 is 5.89. The molecular formula is C22H21ClN2O4S. The number of sulfonamides is 1. The van der Waals surface area contributed by atoms with Gasteiger partial charge in [0.05, 0.1) is 17.2 Å². The number of nitrogens with one attached hydrogen (secondary N) is 1. The number of halogens is 1. The molecule has 1 N–H and O–H groups in total. The number of para-hydroxylation sites is 1. The SMILES string of the molecule is CCOc1cccc(NC(=O)CN(c2ccccc2)S(=O)(=O)c2ccc(Cl)cc2)c1. The monoisotopic (exact) mass is 444 g/mol. The number of rotatable bonds is 8. The summed E-state index contributed by atoms with van der Waals surface area (Å²) in [6, 6.07) is 21.2. The number of amides is 1. The molecule has 0 heterocycles. The first-order chi connectivity index (χ1) is 14.4. The van der Waals surface area contributed by atoms with E-state index in [-0.39, 0.29) is 4.90 Å². The fraction of sp³-hybridized carbons (Fsp3) is 0.136. The molecule has 0 saturated carbocycles. The molecule has 0 aliphatic rings. The van der Waals surface area contributed by atoms with E-state index in [1.165, 1.54) is 24.3 Å². The smallest absolute Gasteiger partial charge is 0.264 e. The van der Waals surface area contributed by atoms with Gasteiger partial charge in [0, 0.05) is 16.8 Å². The van der Waals surface area contributed by atoms with Crippen molar-refractivity contribution in [1.29, 1.82) is 0 Å². The lowest BCUT2D eigenvalue weighted by Gasteiger charge is -2.24. The van der Waals surface area contributed by atoms with Crippen LogP contribution < -0.4 is 14.4 Å². The third-order valence-corrected chi connectivity index (χ3v) is 6.20. The maximum absolute atomic E-state index is 13.3. The number of nitrogens with zero attached hydrogens (tertiary/aromatic N) is 1. The number of hydrogen-bond acceptors (Lipinski definition) is 4. The molecule has 0 spiro atoms. The van der Waals surface area contributed by atoms with Crippen LogP contribution in [0.4, 0.5) is 11.4 Å². The molecule has 30 heavy (non-hydrogen) atoms. The van der Waals surface area contributed by atoms with Crippen LogP contribution in [0.15, 0.2) is 83.8 Å². The van der Waals surface area contributed by atoms with Gasteiger partial charge in [0.2, 0.25) is 5.91 Å². The van der Waals surface area contributed by atoms with Crippen LogP contribution >= 0.6 is 11.6 Å². The highest BCUT2D eigenvalue weighted by molar-refractivity contribution is 7.92. The van der Waals surface area contributed by atoms with Crippen LogP contribution in [0.5, 0.6) is 5.75 Å². The summed E-state index contributed by atoms with van der Waals surface area (Å²) < 4.78 is 33.0. The molecular weight excluding hydrogens is 424 g/mol. The van der Waals surface area contributed by atoms with Gasteiger partial charge in [-0.2, -0.15) is 0 Å². The zero-order chi connectivity index (χ0) is 21.6. The zero-order valence-electron chi connectivity index (χ0n) is 16.3. The molecule has 3 aromatic carbocycles. The Labute approximate surface area is 181 Å². The van der Waals surface area contributed by atoms with E-state index < -0.39 is 22.5 Å². The van der Waals surface area contributed by atoms with Gasteiger partial charge in [-0.25, -0.2) is 8.42 Å². The first-order valence-electron chi connectivity index (χ1n) is 9.26. The lowest BCUT2D eigenvalue weighted by atomic mass is 10.3.